The van der Waals surface area contributed by atoms with E-state index in [-0.39, 0.29) is 32.9 Å². The van der Waals surface area contributed by atoms with Crippen LogP contribution in [0.3, 0.4) is 0 Å². The zero-order valence-corrected chi connectivity index (χ0v) is 22.5. The molecule has 1 fully saturated rings. The highest BCUT2D eigenvalue weighted by Gasteiger charge is 2.38. The van der Waals surface area contributed by atoms with Gasteiger partial charge in [0.1, 0.15) is 15.0 Å². The van der Waals surface area contributed by atoms with Gasteiger partial charge in [-0.25, -0.2) is 14.8 Å². The fraction of sp³-hybridized carbons (Fsp3) is 0.320. The van der Waals surface area contributed by atoms with Crippen molar-refractivity contribution in [2.45, 2.75) is 19.3 Å². The van der Waals surface area contributed by atoms with E-state index in [1.54, 1.807) is 6.92 Å². The van der Waals surface area contributed by atoms with Crippen molar-refractivity contribution in [2.24, 2.45) is 5.73 Å². The number of nitrogens with two attached hydrogens (primary N) is 1. The van der Waals surface area contributed by atoms with E-state index in [0.717, 1.165) is 30.5 Å². The number of aromatic nitrogens is 3. The third kappa shape index (κ3) is 6.62. The number of carbonyl (C=O) groups is 2. The van der Waals surface area contributed by atoms with Gasteiger partial charge in [-0.05, 0) is 25.1 Å². The summed E-state index contributed by atoms with van der Waals surface area (Å²) < 4.78 is 80.8. The molecule has 17 heteroatoms. The fourth-order valence-electron chi connectivity index (χ4n) is 4.02. The summed E-state index contributed by atoms with van der Waals surface area (Å²) in [5.41, 5.74) is 5.42. The highest BCUT2D eigenvalue weighted by Crippen LogP contribution is 2.45. The van der Waals surface area contributed by atoms with E-state index >= 15 is 0 Å². The van der Waals surface area contributed by atoms with E-state index in [1.807, 2.05) is 4.90 Å². The number of carbonyl (C=O) groups excluding carboxylic acids is 1. The molecule has 4 aromatic rings. The Hall–Kier alpha value is -4.25. The zero-order valence-electron chi connectivity index (χ0n) is 21.6. The van der Waals surface area contributed by atoms with E-state index in [0.29, 0.717) is 35.9 Å². The van der Waals surface area contributed by atoms with E-state index in [1.165, 1.54) is 24.3 Å². The van der Waals surface area contributed by atoms with Crippen molar-refractivity contribution in [3.8, 4) is 17.1 Å². The zero-order chi connectivity index (χ0) is 30.8. The average Bonchev–Trinajstić information content (AvgIpc) is 3.31. The quantitative estimate of drug-likeness (QED) is 0.277. The first kappa shape index (κ1) is 30.7. The second-order valence-electron chi connectivity index (χ2n) is 8.76. The van der Waals surface area contributed by atoms with Crippen LogP contribution in [-0.4, -0.2) is 70.9 Å². The molecule has 0 radical (unpaired) electrons. The van der Waals surface area contributed by atoms with Crippen LogP contribution in [0.2, 0.25) is 0 Å². The number of aliphatic carboxylic acids is 1. The number of nitrogens with zero attached hydrogens (tertiary/aromatic N) is 4. The maximum Gasteiger partial charge on any atom is 0.490 e. The van der Waals surface area contributed by atoms with Crippen LogP contribution >= 0.6 is 11.3 Å². The predicted molar refractivity (Wildman–Crippen MR) is 142 cm³/mol. The summed E-state index contributed by atoms with van der Waals surface area (Å²) in [6.45, 7) is 4.81. The molecule has 4 heterocycles. The minimum Gasteiger partial charge on any atom is -0.477 e. The number of halogens is 6. The Morgan fingerprint density at radius 1 is 1.07 bits per heavy atom. The summed E-state index contributed by atoms with van der Waals surface area (Å²) in [5.74, 6) is -2.80. The highest BCUT2D eigenvalue weighted by molar-refractivity contribution is 7.25. The summed E-state index contributed by atoms with van der Waals surface area (Å²) in [4.78, 5) is 36.0. The van der Waals surface area contributed by atoms with Crippen LogP contribution in [0.25, 0.3) is 31.7 Å². The van der Waals surface area contributed by atoms with Gasteiger partial charge in [-0.1, -0.05) is 12.1 Å². The third-order valence-corrected chi connectivity index (χ3v) is 7.00. The number of nitrogens with one attached hydrogen (secondary N) is 1. The molecule has 0 spiro atoms. The number of pyridine rings is 1. The summed E-state index contributed by atoms with van der Waals surface area (Å²) in [6, 6.07) is 6.98. The topological polar surface area (TPSA) is 144 Å². The first-order chi connectivity index (χ1) is 19.7. The standard InChI is InChI=1S/C23H21F3N6O2S.C2HF3O2/c1-2-34-20-18-17(30-22(31-20)32-9-7-28-8-10-32)16-14(23(24,25)26)11-15(29-21(16)35-18)12-3-5-13(6-4-12)19(27)33;3-2(4,5)1(6)7/h3-6,11,28H,2,7-10H2,1H3,(H2,27,33);(H,6,7). The Morgan fingerprint density at radius 2 is 1.69 bits per heavy atom. The minimum absolute atomic E-state index is 0.0743. The number of anilines is 1. The normalized spacial score (nSPS) is 14.0. The number of carboxylic acid groups (broad SMARTS) is 1. The summed E-state index contributed by atoms with van der Waals surface area (Å²) in [6.07, 6.45) is -9.73. The largest absolute Gasteiger partial charge is 0.490 e. The molecule has 42 heavy (non-hydrogen) atoms. The Morgan fingerprint density at radius 3 is 2.21 bits per heavy atom. The number of hydrogen-bond acceptors (Lipinski definition) is 9. The summed E-state index contributed by atoms with van der Waals surface area (Å²) in [5, 5.41) is 10.3. The van der Waals surface area contributed by atoms with Gasteiger partial charge in [0.25, 0.3) is 0 Å². The molecule has 1 amide bonds. The average molecular weight is 617 g/mol. The van der Waals surface area contributed by atoms with Crippen LogP contribution in [0.4, 0.5) is 32.3 Å². The van der Waals surface area contributed by atoms with Gasteiger partial charge >= 0.3 is 18.3 Å². The number of ether oxygens (including phenoxy) is 1. The molecule has 1 saturated heterocycles. The molecule has 0 atom stereocenters. The molecule has 1 aromatic carbocycles. The number of carboxylic acids is 1. The van der Waals surface area contributed by atoms with E-state index in [9.17, 15) is 31.1 Å². The Kier molecular flexibility index (Phi) is 8.72. The molecule has 0 unspecified atom stereocenters. The Labute approximate surface area is 237 Å². The molecule has 224 valence electrons. The van der Waals surface area contributed by atoms with Gasteiger partial charge in [-0.15, -0.1) is 11.3 Å². The lowest BCUT2D eigenvalue weighted by molar-refractivity contribution is -0.192. The number of primary amides is 1. The van der Waals surface area contributed by atoms with Gasteiger partial charge in [0.05, 0.1) is 23.3 Å². The van der Waals surface area contributed by atoms with Crippen molar-refractivity contribution in [3.63, 3.8) is 0 Å². The van der Waals surface area contributed by atoms with Gasteiger partial charge in [-0.3, -0.25) is 4.79 Å². The van der Waals surface area contributed by atoms with Crippen molar-refractivity contribution < 1.29 is 45.8 Å². The van der Waals surface area contributed by atoms with Gasteiger partial charge in [0.2, 0.25) is 17.7 Å². The maximum atomic E-state index is 14.3. The lowest BCUT2D eigenvalue weighted by Gasteiger charge is -2.27. The Balaban J connectivity index is 0.000000517. The monoisotopic (exact) mass is 616 g/mol. The second-order valence-corrected chi connectivity index (χ2v) is 9.76. The van der Waals surface area contributed by atoms with Crippen molar-refractivity contribution in [3.05, 3.63) is 41.5 Å². The first-order valence-corrected chi connectivity index (χ1v) is 13.0. The number of thiophene rings is 1. The van der Waals surface area contributed by atoms with Gasteiger partial charge in [-0.2, -0.15) is 31.3 Å². The molecule has 3 aromatic heterocycles. The number of piperazine rings is 1. The maximum absolute atomic E-state index is 14.3. The number of amides is 1. The number of benzene rings is 1. The van der Waals surface area contributed by atoms with Crippen LogP contribution in [-0.2, 0) is 11.0 Å². The molecule has 0 saturated carbocycles. The molecule has 5 rings (SSSR count). The van der Waals surface area contributed by atoms with E-state index in [2.05, 4.69) is 20.3 Å². The van der Waals surface area contributed by atoms with Crippen LogP contribution in [0.15, 0.2) is 30.3 Å². The van der Waals surface area contributed by atoms with E-state index in [4.69, 9.17) is 20.4 Å². The lowest BCUT2D eigenvalue weighted by Crippen LogP contribution is -2.44. The van der Waals surface area contributed by atoms with Crippen LogP contribution in [0.5, 0.6) is 5.88 Å². The summed E-state index contributed by atoms with van der Waals surface area (Å²) >= 11 is 1.06. The van der Waals surface area contributed by atoms with Crippen LogP contribution in [0.1, 0.15) is 22.8 Å². The molecule has 0 bridgehead atoms. The molecular formula is C25H22F6N6O4S. The molecule has 0 aliphatic carbocycles. The Bertz CT molecular complexity index is 1620. The van der Waals surface area contributed by atoms with Crippen molar-refractivity contribution in [1.29, 1.82) is 0 Å². The minimum atomic E-state index is -5.08. The fourth-order valence-corrected chi connectivity index (χ4v) is 5.10. The molecule has 10 nitrogen and oxygen atoms in total. The second kappa shape index (κ2) is 11.9. The number of fused-ring (bicyclic) bond motifs is 3. The molecule has 4 N–H and O–H groups in total. The molecule has 1 aliphatic heterocycles. The van der Waals surface area contributed by atoms with Crippen molar-refractivity contribution in [1.82, 2.24) is 20.3 Å². The highest BCUT2D eigenvalue weighted by atomic mass is 32.1. The van der Waals surface area contributed by atoms with Gasteiger partial charge < -0.3 is 25.8 Å². The van der Waals surface area contributed by atoms with Gasteiger partial charge in [0.15, 0.2) is 0 Å². The van der Waals surface area contributed by atoms with Crippen molar-refractivity contribution >= 4 is 49.6 Å². The van der Waals surface area contributed by atoms with Crippen LogP contribution < -0.4 is 20.7 Å². The number of rotatable bonds is 5. The lowest BCUT2D eigenvalue weighted by atomic mass is 10.0. The molecular weight excluding hydrogens is 594 g/mol. The molecule has 1 aliphatic rings. The van der Waals surface area contributed by atoms with E-state index < -0.39 is 29.8 Å². The van der Waals surface area contributed by atoms with Crippen LogP contribution in [0, 0.1) is 0 Å². The number of alkyl halides is 6. The predicted octanol–water partition coefficient (Wildman–Crippen LogP) is 4.47. The SMILES string of the molecule is CCOc1nc(N2CCNCC2)nc2c1sc1nc(-c3ccc(C(N)=O)cc3)cc(C(F)(F)F)c12.O=C(O)C(F)(F)F. The van der Waals surface area contributed by atoms with Crippen molar-refractivity contribution in [2.75, 3.05) is 37.7 Å². The number of hydrogen-bond donors (Lipinski definition) is 3. The van der Waals surface area contributed by atoms with Gasteiger partial charge in [0, 0.05) is 37.3 Å². The summed E-state index contributed by atoms with van der Waals surface area (Å²) in [7, 11) is 0. The first-order valence-electron chi connectivity index (χ1n) is 12.2. The third-order valence-electron chi connectivity index (χ3n) is 5.94. The smallest absolute Gasteiger partial charge is 0.477 e.